The molecule has 1 unspecified atom stereocenters. The first-order valence-electron chi connectivity index (χ1n) is 8.67. The highest BCUT2D eigenvalue weighted by molar-refractivity contribution is 5.83. The standard InChI is InChI=1S/C19H25N3O4/c1-14-8-16-10-21(5-7-24)11-17(16)9-15(14)12-22(13-25)18(4-3-6-23)19(26)20-2/h6-9,13,18H,3-5,10-12H2,1-2H3,(H,20,26). The number of nitrogens with one attached hydrogen (secondary N) is 1. The molecular weight excluding hydrogens is 334 g/mol. The van der Waals surface area contributed by atoms with Gasteiger partial charge in [-0.1, -0.05) is 12.1 Å². The van der Waals surface area contributed by atoms with Gasteiger partial charge in [0.1, 0.15) is 18.6 Å². The van der Waals surface area contributed by atoms with Gasteiger partial charge in [-0.05, 0) is 35.6 Å². The maximum Gasteiger partial charge on any atom is 0.242 e. The first-order chi connectivity index (χ1) is 12.5. The SMILES string of the molecule is CNC(=O)C(CCC=O)N(C=O)Cc1cc2c(cc1C)CN(CC=O)C2. The smallest absolute Gasteiger partial charge is 0.242 e. The minimum atomic E-state index is -0.679. The van der Waals surface area contributed by atoms with Crippen LogP contribution in [0.5, 0.6) is 0 Å². The molecule has 0 aromatic heterocycles. The fraction of sp³-hybridized carbons (Fsp3) is 0.474. The van der Waals surface area contributed by atoms with Crippen LogP contribution in [0.15, 0.2) is 12.1 Å². The molecule has 1 aromatic carbocycles. The van der Waals surface area contributed by atoms with Crippen molar-refractivity contribution in [3.63, 3.8) is 0 Å². The predicted octanol–water partition coefficient (Wildman–Crippen LogP) is 0.562. The van der Waals surface area contributed by atoms with Crippen molar-refractivity contribution in [3.8, 4) is 0 Å². The molecule has 2 amide bonds. The van der Waals surface area contributed by atoms with Gasteiger partial charge in [0.2, 0.25) is 12.3 Å². The van der Waals surface area contributed by atoms with Crippen molar-refractivity contribution in [2.45, 2.75) is 45.4 Å². The van der Waals surface area contributed by atoms with Crippen LogP contribution in [0, 0.1) is 6.92 Å². The van der Waals surface area contributed by atoms with Gasteiger partial charge in [0, 0.05) is 33.1 Å². The van der Waals surface area contributed by atoms with Gasteiger partial charge in [-0.15, -0.1) is 0 Å². The van der Waals surface area contributed by atoms with Gasteiger partial charge in [0.25, 0.3) is 0 Å². The second kappa shape index (κ2) is 9.24. The van der Waals surface area contributed by atoms with Crippen molar-refractivity contribution in [2.75, 3.05) is 13.6 Å². The minimum Gasteiger partial charge on any atom is -0.357 e. The Morgan fingerprint density at radius 1 is 1.23 bits per heavy atom. The van der Waals surface area contributed by atoms with Crippen molar-refractivity contribution in [3.05, 3.63) is 34.4 Å². The maximum absolute atomic E-state index is 12.1. The predicted molar refractivity (Wildman–Crippen MR) is 96.1 cm³/mol. The van der Waals surface area contributed by atoms with Crippen LogP contribution in [-0.2, 0) is 38.8 Å². The highest BCUT2D eigenvalue weighted by Crippen LogP contribution is 2.26. The van der Waals surface area contributed by atoms with Crippen LogP contribution in [0.1, 0.15) is 35.1 Å². The molecule has 0 saturated carbocycles. The van der Waals surface area contributed by atoms with Gasteiger partial charge in [0.05, 0.1) is 6.54 Å². The lowest BCUT2D eigenvalue weighted by molar-refractivity contribution is -0.133. The Morgan fingerprint density at radius 3 is 2.50 bits per heavy atom. The van der Waals surface area contributed by atoms with E-state index in [-0.39, 0.29) is 12.3 Å². The molecular formula is C19H25N3O4. The molecule has 0 fully saturated rings. The van der Waals surface area contributed by atoms with Crippen molar-refractivity contribution in [1.29, 1.82) is 0 Å². The molecule has 2 rings (SSSR count). The number of hydrogen-bond acceptors (Lipinski definition) is 5. The maximum atomic E-state index is 12.1. The molecule has 0 saturated heterocycles. The fourth-order valence-electron chi connectivity index (χ4n) is 3.36. The largest absolute Gasteiger partial charge is 0.357 e. The van der Waals surface area contributed by atoms with Crippen LogP contribution < -0.4 is 5.32 Å². The summed E-state index contributed by atoms with van der Waals surface area (Å²) in [6.07, 6.45) is 2.82. The molecule has 0 radical (unpaired) electrons. The zero-order chi connectivity index (χ0) is 19.1. The number of carbonyl (C=O) groups excluding carboxylic acids is 4. The lowest BCUT2D eigenvalue weighted by Gasteiger charge is -2.27. The number of rotatable bonds is 10. The quantitative estimate of drug-likeness (QED) is 0.617. The van der Waals surface area contributed by atoms with Crippen LogP contribution in [0.4, 0.5) is 0 Å². The van der Waals surface area contributed by atoms with E-state index in [1.54, 1.807) is 0 Å². The van der Waals surface area contributed by atoms with Crippen LogP contribution in [-0.4, -0.2) is 54.3 Å². The van der Waals surface area contributed by atoms with Crippen LogP contribution in [0.25, 0.3) is 0 Å². The normalized spacial score (nSPS) is 14.4. The number of carbonyl (C=O) groups is 4. The van der Waals surface area contributed by atoms with E-state index in [4.69, 9.17) is 0 Å². The Labute approximate surface area is 153 Å². The van der Waals surface area contributed by atoms with E-state index in [0.29, 0.717) is 32.5 Å². The summed E-state index contributed by atoms with van der Waals surface area (Å²) < 4.78 is 0. The molecule has 26 heavy (non-hydrogen) atoms. The van der Waals surface area contributed by atoms with Crippen molar-refractivity contribution in [1.82, 2.24) is 15.1 Å². The number of amides is 2. The third kappa shape index (κ3) is 4.54. The molecule has 1 aliphatic rings. The van der Waals surface area contributed by atoms with Crippen LogP contribution in [0.3, 0.4) is 0 Å². The number of aldehydes is 2. The summed E-state index contributed by atoms with van der Waals surface area (Å²) in [5.41, 5.74) is 4.33. The van der Waals surface area contributed by atoms with Gasteiger partial charge in [-0.2, -0.15) is 0 Å². The van der Waals surface area contributed by atoms with Crippen LogP contribution in [0.2, 0.25) is 0 Å². The van der Waals surface area contributed by atoms with Gasteiger partial charge >= 0.3 is 0 Å². The molecule has 0 spiro atoms. The molecule has 1 aromatic rings. The molecule has 1 atom stereocenters. The second-order valence-electron chi connectivity index (χ2n) is 6.54. The molecule has 140 valence electrons. The van der Waals surface area contributed by atoms with E-state index in [9.17, 15) is 19.2 Å². The van der Waals surface area contributed by atoms with E-state index < -0.39 is 6.04 Å². The zero-order valence-electron chi connectivity index (χ0n) is 15.2. The number of fused-ring (bicyclic) bond motifs is 1. The summed E-state index contributed by atoms with van der Waals surface area (Å²) in [7, 11) is 1.52. The molecule has 1 aliphatic heterocycles. The minimum absolute atomic E-state index is 0.215. The van der Waals surface area contributed by atoms with Crippen molar-refractivity contribution in [2.24, 2.45) is 0 Å². The van der Waals surface area contributed by atoms with E-state index >= 15 is 0 Å². The Morgan fingerprint density at radius 2 is 1.92 bits per heavy atom. The Bertz CT molecular complexity index is 690. The molecule has 7 heteroatoms. The molecule has 1 heterocycles. The van der Waals surface area contributed by atoms with Gasteiger partial charge in [-0.3, -0.25) is 14.5 Å². The lowest BCUT2D eigenvalue weighted by atomic mass is 9.99. The van der Waals surface area contributed by atoms with Gasteiger partial charge in [0.15, 0.2) is 0 Å². The van der Waals surface area contributed by atoms with Gasteiger partial charge in [-0.25, -0.2) is 0 Å². The third-order valence-corrected chi connectivity index (χ3v) is 4.77. The Kier molecular flexibility index (Phi) is 7.03. The molecule has 0 bridgehead atoms. The molecule has 7 nitrogen and oxygen atoms in total. The monoisotopic (exact) mass is 359 g/mol. The first-order valence-corrected chi connectivity index (χ1v) is 8.67. The molecule has 1 N–H and O–H groups in total. The number of nitrogens with zero attached hydrogens (tertiary/aromatic N) is 2. The number of benzene rings is 1. The van der Waals surface area contributed by atoms with Crippen LogP contribution >= 0.6 is 0 Å². The first kappa shape index (κ1) is 19.8. The molecule has 0 aliphatic carbocycles. The van der Waals surface area contributed by atoms with Gasteiger partial charge < -0.3 is 19.8 Å². The summed E-state index contributed by atoms with van der Waals surface area (Å²) in [4.78, 5) is 48.7. The van der Waals surface area contributed by atoms with Crippen molar-refractivity contribution >= 4 is 24.9 Å². The summed E-state index contributed by atoms with van der Waals surface area (Å²) in [5, 5.41) is 2.56. The number of likely N-dealkylation sites (N-methyl/N-ethyl adjacent to an activating group) is 1. The Balaban J connectivity index is 2.21. The third-order valence-electron chi connectivity index (χ3n) is 4.77. The number of hydrogen-bond donors (Lipinski definition) is 1. The second-order valence-corrected chi connectivity index (χ2v) is 6.54. The summed E-state index contributed by atoms with van der Waals surface area (Å²) >= 11 is 0. The average molecular weight is 359 g/mol. The average Bonchev–Trinajstić information content (AvgIpc) is 3.01. The highest BCUT2D eigenvalue weighted by atomic mass is 16.2. The van der Waals surface area contributed by atoms with E-state index in [0.717, 1.165) is 35.8 Å². The van der Waals surface area contributed by atoms with E-state index in [2.05, 4.69) is 16.3 Å². The summed E-state index contributed by atoms with van der Waals surface area (Å²) in [6.45, 7) is 4.11. The highest BCUT2D eigenvalue weighted by Gasteiger charge is 2.25. The summed E-state index contributed by atoms with van der Waals surface area (Å²) in [6, 6.07) is 3.45. The lowest BCUT2D eigenvalue weighted by Crippen LogP contribution is -2.45. The van der Waals surface area contributed by atoms with Crippen molar-refractivity contribution < 1.29 is 19.2 Å². The van der Waals surface area contributed by atoms with E-state index in [1.807, 2.05) is 13.0 Å². The number of aryl methyl sites for hydroxylation is 1. The Hall–Kier alpha value is -2.54. The van der Waals surface area contributed by atoms with E-state index in [1.165, 1.54) is 17.5 Å². The topological polar surface area (TPSA) is 86.8 Å². The summed E-state index contributed by atoms with van der Waals surface area (Å²) in [5.74, 6) is -0.282. The fourth-order valence-corrected chi connectivity index (χ4v) is 3.36. The zero-order valence-corrected chi connectivity index (χ0v) is 15.2.